The topological polar surface area (TPSA) is 86.7 Å². The minimum atomic E-state index is -0.692. The van der Waals surface area contributed by atoms with E-state index in [2.05, 4.69) is 26.1 Å². The van der Waals surface area contributed by atoms with Gasteiger partial charge in [0.25, 0.3) is 0 Å². The second-order valence-corrected chi connectivity index (χ2v) is 9.99. The van der Waals surface area contributed by atoms with Crippen LogP contribution in [-0.4, -0.2) is 58.3 Å². The molecule has 1 unspecified atom stereocenters. The van der Waals surface area contributed by atoms with Crippen LogP contribution < -0.4 is 5.32 Å². The number of nitrogens with one attached hydrogen (secondary N) is 1. The van der Waals surface area contributed by atoms with Crippen molar-refractivity contribution in [2.24, 2.45) is 5.41 Å². The van der Waals surface area contributed by atoms with Crippen molar-refractivity contribution < 1.29 is 19.5 Å². The standard InChI is InChI=1S/C25H36N2O4/c1-25(2,3)22-15-12-18(26-22)24(31)20-14-13-19(21(29)16-28)27(20)23(30)11-7-10-17-8-5-4-6-9-17/h4-6,8-9,18-20,22,26,28H,7,10-16H2,1-3H3/t18-,19-,20+,22?/m0/s1. The molecule has 2 saturated heterocycles. The van der Waals surface area contributed by atoms with Gasteiger partial charge in [0, 0.05) is 12.5 Å². The summed E-state index contributed by atoms with van der Waals surface area (Å²) in [6.07, 6.45) is 4.33. The summed E-state index contributed by atoms with van der Waals surface area (Å²) < 4.78 is 0. The number of hydrogen-bond donors (Lipinski definition) is 2. The van der Waals surface area contributed by atoms with E-state index in [1.54, 1.807) is 0 Å². The van der Waals surface area contributed by atoms with Crippen molar-refractivity contribution in [3.63, 3.8) is 0 Å². The summed E-state index contributed by atoms with van der Waals surface area (Å²) in [6.45, 7) is 5.87. The van der Waals surface area contributed by atoms with E-state index in [-0.39, 0.29) is 41.4 Å². The number of aliphatic hydroxyl groups excluding tert-OH is 1. The first-order chi connectivity index (χ1) is 14.7. The lowest BCUT2D eigenvalue weighted by atomic mass is 9.86. The van der Waals surface area contributed by atoms with E-state index in [9.17, 15) is 19.5 Å². The van der Waals surface area contributed by atoms with Gasteiger partial charge in [0.1, 0.15) is 6.61 Å². The zero-order valence-corrected chi connectivity index (χ0v) is 19.0. The SMILES string of the molecule is CC(C)(C)C1CC[C@@H](C(=O)[C@H]2CC[C@@H](C(=O)CO)N2C(=O)CCCc2ccccc2)N1. The van der Waals surface area contributed by atoms with Crippen molar-refractivity contribution >= 4 is 17.5 Å². The molecule has 31 heavy (non-hydrogen) atoms. The van der Waals surface area contributed by atoms with Gasteiger partial charge in [0.2, 0.25) is 5.91 Å². The lowest BCUT2D eigenvalue weighted by Gasteiger charge is -2.31. The highest BCUT2D eigenvalue weighted by atomic mass is 16.3. The lowest BCUT2D eigenvalue weighted by molar-refractivity contribution is -0.144. The van der Waals surface area contributed by atoms with Crippen LogP contribution in [0.2, 0.25) is 0 Å². The molecular formula is C25H36N2O4. The number of likely N-dealkylation sites (tertiary alicyclic amines) is 1. The molecule has 1 aromatic carbocycles. The van der Waals surface area contributed by atoms with Crippen LogP contribution in [-0.2, 0) is 20.8 Å². The highest BCUT2D eigenvalue weighted by Gasteiger charge is 2.46. The summed E-state index contributed by atoms with van der Waals surface area (Å²) in [6, 6.07) is 8.67. The Hall–Kier alpha value is -2.05. The molecule has 2 N–H and O–H groups in total. The van der Waals surface area contributed by atoms with E-state index in [0.717, 1.165) is 24.8 Å². The first kappa shape index (κ1) is 23.6. The Kier molecular flexibility index (Phi) is 7.65. The van der Waals surface area contributed by atoms with E-state index in [1.165, 1.54) is 4.90 Å². The number of rotatable bonds is 8. The van der Waals surface area contributed by atoms with Crippen LogP contribution >= 0.6 is 0 Å². The van der Waals surface area contributed by atoms with Crippen molar-refractivity contribution in [2.75, 3.05) is 6.61 Å². The van der Waals surface area contributed by atoms with Gasteiger partial charge >= 0.3 is 0 Å². The average Bonchev–Trinajstić information content (AvgIpc) is 3.41. The number of ketones is 2. The number of nitrogens with zero attached hydrogens (tertiary/aromatic N) is 1. The second kappa shape index (κ2) is 10.0. The predicted octanol–water partition coefficient (Wildman–Crippen LogP) is 2.67. The molecule has 0 bridgehead atoms. The Morgan fingerprint density at radius 3 is 2.32 bits per heavy atom. The molecular weight excluding hydrogens is 392 g/mol. The van der Waals surface area contributed by atoms with E-state index in [1.807, 2.05) is 30.3 Å². The molecule has 6 heteroatoms. The first-order valence-corrected chi connectivity index (χ1v) is 11.5. The second-order valence-electron chi connectivity index (χ2n) is 9.99. The van der Waals surface area contributed by atoms with Crippen LogP contribution in [0, 0.1) is 5.41 Å². The normalized spacial score (nSPS) is 26.3. The molecule has 1 amide bonds. The van der Waals surface area contributed by atoms with E-state index < -0.39 is 18.7 Å². The first-order valence-electron chi connectivity index (χ1n) is 11.5. The molecule has 0 radical (unpaired) electrons. The van der Waals surface area contributed by atoms with Gasteiger partial charge in [-0.05, 0) is 49.5 Å². The summed E-state index contributed by atoms with van der Waals surface area (Å²) in [5, 5.41) is 12.9. The summed E-state index contributed by atoms with van der Waals surface area (Å²) in [5.41, 5.74) is 1.23. The fourth-order valence-corrected chi connectivity index (χ4v) is 4.96. The lowest BCUT2D eigenvalue weighted by Crippen LogP contribution is -2.53. The Morgan fingerprint density at radius 1 is 1.03 bits per heavy atom. The highest BCUT2D eigenvalue weighted by molar-refractivity contribution is 5.97. The molecule has 1 aromatic rings. The van der Waals surface area contributed by atoms with Crippen molar-refractivity contribution in [3.8, 4) is 0 Å². The third kappa shape index (κ3) is 5.60. The van der Waals surface area contributed by atoms with Gasteiger partial charge in [-0.25, -0.2) is 0 Å². The van der Waals surface area contributed by atoms with E-state index >= 15 is 0 Å². The van der Waals surface area contributed by atoms with Crippen molar-refractivity contribution in [1.29, 1.82) is 0 Å². The number of amides is 1. The van der Waals surface area contributed by atoms with Crippen molar-refractivity contribution in [3.05, 3.63) is 35.9 Å². The zero-order chi connectivity index (χ0) is 22.6. The Balaban J connectivity index is 1.67. The third-order valence-electron chi connectivity index (χ3n) is 6.76. The maximum Gasteiger partial charge on any atom is 0.223 e. The molecule has 0 aliphatic carbocycles. The number of Topliss-reactive ketones (excluding diaryl/α,β-unsaturated/α-hetero) is 2. The third-order valence-corrected chi connectivity index (χ3v) is 6.76. The maximum atomic E-state index is 13.4. The summed E-state index contributed by atoms with van der Waals surface area (Å²) in [5.74, 6) is -0.529. The molecule has 0 saturated carbocycles. The van der Waals surface area contributed by atoms with Gasteiger partial charge in [0.15, 0.2) is 11.6 Å². The van der Waals surface area contributed by atoms with Crippen LogP contribution in [0.3, 0.4) is 0 Å². The molecule has 2 aliphatic heterocycles. The Bertz CT molecular complexity index is 786. The number of carbonyl (C=O) groups excluding carboxylic acids is 3. The van der Waals surface area contributed by atoms with Crippen LogP contribution in [0.5, 0.6) is 0 Å². The van der Waals surface area contributed by atoms with Gasteiger partial charge in [0.05, 0.1) is 18.1 Å². The fraction of sp³-hybridized carbons (Fsp3) is 0.640. The molecule has 4 atom stereocenters. The number of aliphatic hydroxyl groups is 1. The zero-order valence-electron chi connectivity index (χ0n) is 19.0. The predicted molar refractivity (Wildman–Crippen MR) is 120 cm³/mol. The fourth-order valence-electron chi connectivity index (χ4n) is 4.96. The maximum absolute atomic E-state index is 13.4. The summed E-state index contributed by atoms with van der Waals surface area (Å²) in [7, 11) is 0. The van der Waals surface area contributed by atoms with Crippen molar-refractivity contribution in [1.82, 2.24) is 10.2 Å². The van der Waals surface area contributed by atoms with Gasteiger partial charge < -0.3 is 15.3 Å². The number of benzene rings is 1. The molecule has 2 fully saturated rings. The molecule has 2 aliphatic rings. The van der Waals surface area contributed by atoms with E-state index in [0.29, 0.717) is 19.3 Å². The summed E-state index contributed by atoms with van der Waals surface area (Å²) >= 11 is 0. The Labute approximate surface area is 185 Å². The van der Waals surface area contributed by atoms with Gasteiger partial charge in [-0.15, -0.1) is 0 Å². The van der Waals surface area contributed by atoms with Crippen LogP contribution in [0.15, 0.2) is 30.3 Å². The molecule has 0 spiro atoms. The minimum absolute atomic E-state index is 0.0106. The quantitative estimate of drug-likeness (QED) is 0.665. The van der Waals surface area contributed by atoms with Gasteiger partial charge in [-0.1, -0.05) is 51.1 Å². The number of carbonyl (C=O) groups is 3. The minimum Gasteiger partial charge on any atom is -0.389 e. The van der Waals surface area contributed by atoms with Gasteiger partial charge in [-0.2, -0.15) is 0 Å². The molecule has 6 nitrogen and oxygen atoms in total. The number of hydrogen-bond acceptors (Lipinski definition) is 5. The highest BCUT2D eigenvalue weighted by Crippen LogP contribution is 2.32. The molecule has 170 valence electrons. The van der Waals surface area contributed by atoms with E-state index in [4.69, 9.17) is 0 Å². The van der Waals surface area contributed by atoms with Crippen LogP contribution in [0.4, 0.5) is 0 Å². The molecule has 0 aromatic heterocycles. The van der Waals surface area contributed by atoms with Gasteiger partial charge in [-0.3, -0.25) is 14.4 Å². The van der Waals surface area contributed by atoms with Crippen molar-refractivity contribution in [2.45, 2.75) is 89.9 Å². The smallest absolute Gasteiger partial charge is 0.223 e. The number of aryl methyl sites for hydroxylation is 1. The average molecular weight is 429 g/mol. The van der Waals surface area contributed by atoms with Crippen LogP contribution in [0.25, 0.3) is 0 Å². The monoisotopic (exact) mass is 428 g/mol. The largest absolute Gasteiger partial charge is 0.389 e. The summed E-state index contributed by atoms with van der Waals surface area (Å²) in [4.78, 5) is 40.3. The molecule has 2 heterocycles. The Morgan fingerprint density at radius 2 is 1.71 bits per heavy atom. The molecule has 3 rings (SSSR count). The van der Waals surface area contributed by atoms with Crippen LogP contribution in [0.1, 0.15) is 64.9 Å².